The van der Waals surface area contributed by atoms with E-state index in [9.17, 15) is 9.59 Å². The molecule has 0 aromatic rings. The number of carbonyl (C=O) groups is 2. The molecule has 22 heavy (non-hydrogen) atoms. The molecule has 7 nitrogen and oxygen atoms in total. The van der Waals surface area contributed by atoms with Gasteiger partial charge in [0.15, 0.2) is 0 Å². The third kappa shape index (κ3) is 14.8. The van der Waals surface area contributed by atoms with Crippen LogP contribution >= 0.6 is 0 Å². The molecular formula is C15H33N5O2. The van der Waals surface area contributed by atoms with Crippen LogP contribution in [0.25, 0.3) is 0 Å². The molecule has 0 saturated heterocycles. The lowest BCUT2D eigenvalue weighted by Gasteiger charge is -2.06. The predicted octanol–water partition coefficient (Wildman–Crippen LogP) is 0.474. The van der Waals surface area contributed by atoms with Gasteiger partial charge in [0.05, 0.1) is 6.54 Å². The summed E-state index contributed by atoms with van der Waals surface area (Å²) in [4.78, 5) is 21.6. The number of rotatable bonds is 8. The lowest BCUT2D eigenvalue weighted by Crippen LogP contribution is -2.39. The molecule has 0 aromatic carbocycles. The van der Waals surface area contributed by atoms with Crippen molar-refractivity contribution >= 4 is 18.0 Å². The molecule has 0 aliphatic heterocycles. The average molecular weight is 315 g/mol. The van der Waals surface area contributed by atoms with Crippen LogP contribution in [0.4, 0.5) is 0 Å². The third-order valence-electron chi connectivity index (χ3n) is 2.69. The van der Waals surface area contributed by atoms with E-state index in [2.05, 4.69) is 40.3 Å². The zero-order valence-corrected chi connectivity index (χ0v) is 14.8. The second-order valence-corrected chi connectivity index (χ2v) is 4.88. The van der Waals surface area contributed by atoms with Crippen LogP contribution in [-0.2, 0) is 9.59 Å². The topological polar surface area (TPSA) is 94.6 Å². The van der Waals surface area contributed by atoms with Gasteiger partial charge < -0.3 is 21.4 Å². The van der Waals surface area contributed by atoms with Crippen LogP contribution in [0.3, 0.4) is 0 Å². The molecule has 7 heteroatoms. The number of nitrogens with one attached hydrogen (secondary N) is 4. The van der Waals surface area contributed by atoms with E-state index in [-0.39, 0.29) is 18.2 Å². The van der Waals surface area contributed by atoms with Crippen LogP contribution in [-0.4, -0.2) is 51.3 Å². The molecule has 2 amide bonds. The minimum Gasteiger partial charge on any atom is -0.353 e. The van der Waals surface area contributed by atoms with Crippen molar-refractivity contribution < 1.29 is 9.59 Å². The minimum absolute atomic E-state index is 0.140. The quantitative estimate of drug-likeness (QED) is 0.298. The van der Waals surface area contributed by atoms with Gasteiger partial charge in [-0.25, -0.2) is 0 Å². The van der Waals surface area contributed by atoms with E-state index in [0.29, 0.717) is 24.9 Å². The van der Waals surface area contributed by atoms with Crippen LogP contribution < -0.4 is 21.4 Å². The van der Waals surface area contributed by atoms with Gasteiger partial charge in [0.25, 0.3) is 5.91 Å². The third-order valence-corrected chi connectivity index (χ3v) is 2.69. The maximum atomic E-state index is 11.5. The minimum atomic E-state index is -0.231. The van der Waals surface area contributed by atoms with E-state index < -0.39 is 0 Å². The number of hydrazone groups is 1. The van der Waals surface area contributed by atoms with E-state index in [0.717, 1.165) is 0 Å². The maximum Gasteiger partial charge on any atom is 0.269 e. The first-order valence-corrected chi connectivity index (χ1v) is 7.90. The molecule has 0 radical (unpaired) electrons. The van der Waals surface area contributed by atoms with Crippen LogP contribution in [0.5, 0.6) is 0 Å². The predicted molar refractivity (Wildman–Crippen MR) is 91.8 cm³/mol. The second kappa shape index (κ2) is 15.8. The maximum absolute atomic E-state index is 11.5. The van der Waals surface area contributed by atoms with Gasteiger partial charge in [-0.2, -0.15) is 5.10 Å². The lowest BCUT2D eigenvalue weighted by atomic mass is 10.3. The standard InChI is InChI=1S/C9H16N4O2.C4H11N.C2H6/c1-10-13-8(5-11-6-14)9(15)12-4-7-2-3-7;1-4(2)5-3;1-2/h6-7,10H,2-5H2,1H3,(H,11,14)(H,12,15);4-5H,1-3H3;1-2H3/b13-8+;;. The summed E-state index contributed by atoms with van der Waals surface area (Å²) in [7, 11) is 3.56. The number of carbonyl (C=O) groups excluding carboxylic acids is 2. The first kappa shape index (κ1) is 22.6. The molecule has 1 rings (SSSR count). The first-order chi connectivity index (χ1) is 10.5. The Hall–Kier alpha value is -1.63. The van der Waals surface area contributed by atoms with E-state index >= 15 is 0 Å². The fourth-order valence-corrected chi connectivity index (χ4v) is 1.10. The molecule has 0 atom stereocenters. The molecule has 0 spiro atoms. The number of hydrogen-bond acceptors (Lipinski definition) is 5. The fraction of sp³-hybridized carbons (Fsp3) is 0.800. The Morgan fingerprint density at radius 2 is 1.82 bits per heavy atom. The second-order valence-electron chi connectivity index (χ2n) is 4.88. The van der Waals surface area contributed by atoms with Crippen molar-refractivity contribution in [3.05, 3.63) is 0 Å². The highest BCUT2D eigenvalue weighted by molar-refractivity contribution is 6.39. The first-order valence-electron chi connectivity index (χ1n) is 7.90. The molecule has 130 valence electrons. The molecule has 1 saturated carbocycles. The number of nitrogens with zero attached hydrogens (tertiary/aromatic N) is 1. The van der Waals surface area contributed by atoms with Gasteiger partial charge in [0.1, 0.15) is 5.71 Å². The van der Waals surface area contributed by atoms with Crippen molar-refractivity contribution in [2.24, 2.45) is 11.0 Å². The van der Waals surface area contributed by atoms with Gasteiger partial charge in [0, 0.05) is 19.6 Å². The Labute approximate surface area is 134 Å². The Morgan fingerprint density at radius 3 is 2.18 bits per heavy atom. The highest BCUT2D eigenvalue weighted by Crippen LogP contribution is 2.27. The molecule has 0 aromatic heterocycles. The van der Waals surface area contributed by atoms with Crippen LogP contribution in [0.2, 0.25) is 0 Å². The summed E-state index contributed by atoms with van der Waals surface area (Å²) in [5.74, 6) is 0.398. The number of hydrogen-bond donors (Lipinski definition) is 4. The summed E-state index contributed by atoms with van der Waals surface area (Å²) in [6, 6.07) is 0.634. The van der Waals surface area contributed by atoms with E-state index in [1.807, 2.05) is 20.9 Å². The highest BCUT2D eigenvalue weighted by atomic mass is 16.2. The van der Waals surface area contributed by atoms with E-state index in [4.69, 9.17) is 0 Å². The summed E-state index contributed by atoms with van der Waals surface area (Å²) in [6.45, 7) is 9.06. The van der Waals surface area contributed by atoms with Crippen molar-refractivity contribution in [2.45, 2.75) is 46.6 Å². The zero-order valence-electron chi connectivity index (χ0n) is 14.8. The fourth-order valence-electron chi connectivity index (χ4n) is 1.10. The van der Waals surface area contributed by atoms with Crippen molar-refractivity contribution in [3.63, 3.8) is 0 Å². The van der Waals surface area contributed by atoms with Crippen LogP contribution in [0, 0.1) is 5.92 Å². The largest absolute Gasteiger partial charge is 0.353 e. The monoisotopic (exact) mass is 315 g/mol. The van der Waals surface area contributed by atoms with Crippen molar-refractivity contribution in [2.75, 3.05) is 27.2 Å². The van der Waals surface area contributed by atoms with E-state index in [1.165, 1.54) is 12.8 Å². The molecule has 1 aliphatic rings. The molecule has 1 fully saturated rings. The smallest absolute Gasteiger partial charge is 0.269 e. The Morgan fingerprint density at radius 1 is 1.27 bits per heavy atom. The average Bonchev–Trinajstić information content (AvgIpc) is 3.36. The van der Waals surface area contributed by atoms with Crippen molar-refractivity contribution in [1.29, 1.82) is 0 Å². The van der Waals surface area contributed by atoms with Gasteiger partial charge >= 0.3 is 0 Å². The molecule has 1 aliphatic carbocycles. The van der Waals surface area contributed by atoms with Crippen molar-refractivity contribution in [1.82, 2.24) is 21.4 Å². The highest BCUT2D eigenvalue weighted by Gasteiger charge is 2.22. The summed E-state index contributed by atoms with van der Waals surface area (Å²) >= 11 is 0. The van der Waals surface area contributed by atoms with Gasteiger partial charge in [0.2, 0.25) is 6.41 Å². The summed E-state index contributed by atoms with van der Waals surface area (Å²) in [5.41, 5.74) is 2.81. The summed E-state index contributed by atoms with van der Waals surface area (Å²) in [6.07, 6.45) is 2.91. The molecule has 0 unspecified atom stereocenters. The molecule has 0 bridgehead atoms. The Kier molecular flexibility index (Phi) is 16.2. The van der Waals surface area contributed by atoms with Gasteiger partial charge in [-0.3, -0.25) is 9.59 Å². The molecule has 4 N–H and O–H groups in total. The normalized spacial score (nSPS) is 13.1. The number of amides is 2. The van der Waals surface area contributed by atoms with E-state index in [1.54, 1.807) is 7.05 Å². The van der Waals surface area contributed by atoms with Gasteiger partial charge in [-0.05, 0) is 25.8 Å². The SMILES string of the molecule is CC.CN/N=C(\CNC=O)C(=O)NCC1CC1.CNC(C)C. The lowest BCUT2D eigenvalue weighted by molar-refractivity contribution is -0.114. The summed E-state index contributed by atoms with van der Waals surface area (Å²) in [5, 5.41) is 12.0. The molecular weight excluding hydrogens is 282 g/mol. The summed E-state index contributed by atoms with van der Waals surface area (Å²) < 4.78 is 0. The van der Waals surface area contributed by atoms with Crippen LogP contribution in [0.1, 0.15) is 40.5 Å². The molecule has 0 heterocycles. The Balaban J connectivity index is 0. The van der Waals surface area contributed by atoms with Crippen molar-refractivity contribution in [3.8, 4) is 0 Å². The van der Waals surface area contributed by atoms with Gasteiger partial charge in [-0.15, -0.1) is 0 Å². The van der Waals surface area contributed by atoms with Crippen LogP contribution in [0.15, 0.2) is 5.10 Å². The van der Waals surface area contributed by atoms with Gasteiger partial charge in [-0.1, -0.05) is 27.7 Å². The Bertz CT molecular complexity index is 315. The zero-order chi connectivity index (χ0) is 17.4.